The van der Waals surface area contributed by atoms with Gasteiger partial charge in [-0.05, 0) is 38.5 Å². The summed E-state index contributed by atoms with van der Waals surface area (Å²) < 4.78 is 0. The van der Waals surface area contributed by atoms with E-state index in [1.54, 1.807) is 0 Å². The van der Waals surface area contributed by atoms with E-state index in [-0.39, 0.29) is 0 Å². The summed E-state index contributed by atoms with van der Waals surface area (Å²) in [4.78, 5) is 12.6. The zero-order valence-electron chi connectivity index (χ0n) is 37.4. The molecule has 0 aliphatic heterocycles. The molecule has 56 heavy (non-hydrogen) atoms. The highest BCUT2D eigenvalue weighted by molar-refractivity contribution is 5.80. The van der Waals surface area contributed by atoms with Gasteiger partial charge in [0.25, 0.3) is 0 Å². The zero-order valence-corrected chi connectivity index (χ0v) is 37.4. The smallest absolute Gasteiger partial charge is 0.249 e. The van der Waals surface area contributed by atoms with Crippen LogP contribution in [0, 0.1) is 0 Å². The second-order valence-corrected chi connectivity index (χ2v) is 17.1. The van der Waals surface area contributed by atoms with Crippen LogP contribution in [-0.4, -0.2) is 57.3 Å². The SMILES string of the molecule is CC/C=C\C/C=C\CCCCCCCCCCCCCCCC(O)C(=O)NC(CO)C(O)C(O)CCCCCCCCCCCCCCCCCCCCCC. The van der Waals surface area contributed by atoms with Crippen molar-refractivity contribution in [3.05, 3.63) is 24.3 Å². The van der Waals surface area contributed by atoms with Gasteiger partial charge < -0.3 is 25.7 Å². The van der Waals surface area contributed by atoms with Crippen molar-refractivity contribution in [2.75, 3.05) is 6.61 Å². The van der Waals surface area contributed by atoms with Crippen molar-refractivity contribution in [1.29, 1.82) is 0 Å². The molecule has 0 saturated carbocycles. The fourth-order valence-electron chi connectivity index (χ4n) is 7.80. The Morgan fingerprint density at radius 1 is 0.464 bits per heavy atom. The van der Waals surface area contributed by atoms with Crippen LogP contribution in [0.3, 0.4) is 0 Å². The van der Waals surface area contributed by atoms with Crippen LogP contribution >= 0.6 is 0 Å². The summed E-state index contributed by atoms with van der Waals surface area (Å²) in [5.74, 6) is -0.582. The number of nitrogens with one attached hydrogen (secondary N) is 1. The molecule has 6 heteroatoms. The normalized spacial score (nSPS) is 14.2. The number of unbranched alkanes of at least 4 members (excludes halogenated alkanes) is 32. The predicted octanol–water partition coefficient (Wildman–Crippen LogP) is 13.5. The minimum absolute atomic E-state index is 0.370. The first-order valence-corrected chi connectivity index (χ1v) is 24.7. The van der Waals surface area contributed by atoms with Gasteiger partial charge in [-0.2, -0.15) is 0 Å². The Balaban J connectivity index is 3.66. The number of hydrogen-bond acceptors (Lipinski definition) is 5. The summed E-state index contributed by atoms with van der Waals surface area (Å²) in [6, 6.07) is -0.984. The topological polar surface area (TPSA) is 110 Å². The van der Waals surface area contributed by atoms with Gasteiger partial charge in [-0.25, -0.2) is 0 Å². The molecule has 0 aromatic carbocycles. The van der Waals surface area contributed by atoms with E-state index in [2.05, 4.69) is 43.5 Å². The summed E-state index contributed by atoms with van der Waals surface area (Å²) in [5, 5.41) is 43.9. The molecule has 0 aromatic rings. The van der Waals surface area contributed by atoms with E-state index in [1.165, 1.54) is 180 Å². The maximum Gasteiger partial charge on any atom is 0.249 e. The molecule has 0 bridgehead atoms. The molecule has 0 saturated heterocycles. The molecule has 0 aromatic heterocycles. The summed E-state index contributed by atoms with van der Waals surface area (Å²) >= 11 is 0. The lowest BCUT2D eigenvalue weighted by Crippen LogP contribution is -2.53. The van der Waals surface area contributed by atoms with Gasteiger partial charge in [0, 0.05) is 0 Å². The molecular formula is C50H97NO5. The highest BCUT2D eigenvalue weighted by Crippen LogP contribution is 2.17. The van der Waals surface area contributed by atoms with E-state index < -0.39 is 36.9 Å². The number of aliphatic hydroxyl groups is 4. The van der Waals surface area contributed by atoms with Crippen LogP contribution in [-0.2, 0) is 4.79 Å². The number of hydrogen-bond donors (Lipinski definition) is 5. The van der Waals surface area contributed by atoms with E-state index in [9.17, 15) is 25.2 Å². The average Bonchev–Trinajstić information content (AvgIpc) is 3.20. The maximum atomic E-state index is 12.6. The molecule has 4 unspecified atom stereocenters. The van der Waals surface area contributed by atoms with E-state index >= 15 is 0 Å². The third-order valence-electron chi connectivity index (χ3n) is 11.7. The Hall–Kier alpha value is -1.21. The lowest BCUT2D eigenvalue weighted by molar-refractivity contribution is -0.132. The zero-order chi connectivity index (χ0) is 41.0. The Bertz CT molecular complexity index is 847. The second-order valence-electron chi connectivity index (χ2n) is 17.1. The van der Waals surface area contributed by atoms with Gasteiger partial charge >= 0.3 is 0 Å². The van der Waals surface area contributed by atoms with Gasteiger partial charge in [0.15, 0.2) is 0 Å². The molecule has 6 nitrogen and oxygen atoms in total. The molecule has 0 aliphatic carbocycles. The lowest BCUT2D eigenvalue weighted by Gasteiger charge is -2.27. The maximum absolute atomic E-state index is 12.6. The molecule has 0 heterocycles. The molecule has 0 spiro atoms. The number of carbonyl (C=O) groups excluding carboxylic acids is 1. The predicted molar refractivity (Wildman–Crippen MR) is 242 cm³/mol. The number of amides is 1. The van der Waals surface area contributed by atoms with E-state index in [0.717, 1.165) is 51.4 Å². The largest absolute Gasteiger partial charge is 0.394 e. The van der Waals surface area contributed by atoms with Crippen molar-refractivity contribution < 1.29 is 25.2 Å². The Labute approximate surface area is 348 Å². The molecule has 0 fully saturated rings. The molecule has 0 aliphatic rings. The monoisotopic (exact) mass is 792 g/mol. The number of aliphatic hydroxyl groups excluding tert-OH is 4. The molecule has 4 atom stereocenters. The summed E-state index contributed by atoms with van der Waals surface area (Å²) in [6.07, 6.45) is 52.2. The van der Waals surface area contributed by atoms with E-state index in [1.807, 2.05) is 0 Å². The third-order valence-corrected chi connectivity index (χ3v) is 11.7. The first kappa shape index (κ1) is 54.8. The van der Waals surface area contributed by atoms with Gasteiger partial charge in [0.2, 0.25) is 5.91 Å². The van der Waals surface area contributed by atoms with Crippen LogP contribution in [0.4, 0.5) is 0 Å². The minimum Gasteiger partial charge on any atom is -0.394 e. The van der Waals surface area contributed by atoms with Crippen molar-refractivity contribution >= 4 is 5.91 Å². The van der Waals surface area contributed by atoms with Gasteiger partial charge in [-0.1, -0.05) is 244 Å². The molecule has 5 N–H and O–H groups in total. The first-order valence-electron chi connectivity index (χ1n) is 24.7. The van der Waals surface area contributed by atoms with Gasteiger partial charge in [0.05, 0.1) is 18.8 Å². The molecular weight excluding hydrogens is 695 g/mol. The number of rotatable bonds is 45. The van der Waals surface area contributed by atoms with Crippen LogP contribution in [0.2, 0.25) is 0 Å². The molecule has 1 amide bonds. The molecule has 0 rings (SSSR count). The Morgan fingerprint density at radius 2 is 0.821 bits per heavy atom. The molecule has 332 valence electrons. The van der Waals surface area contributed by atoms with Crippen LogP contribution in [0.5, 0.6) is 0 Å². The highest BCUT2D eigenvalue weighted by atomic mass is 16.3. The van der Waals surface area contributed by atoms with E-state index in [4.69, 9.17) is 0 Å². The lowest BCUT2D eigenvalue weighted by atomic mass is 9.99. The fraction of sp³-hybridized carbons (Fsp3) is 0.900. The minimum atomic E-state index is -1.26. The van der Waals surface area contributed by atoms with E-state index in [0.29, 0.717) is 12.8 Å². The van der Waals surface area contributed by atoms with Crippen LogP contribution < -0.4 is 5.32 Å². The Morgan fingerprint density at radius 3 is 1.21 bits per heavy atom. The first-order chi connectivity index (χ1) is 27.5. The van der Waals surface area contributed by atoms with Gasteiger partial charge in [-0.15, -0.1) is 0 Å². The Kier molecular flexibility index (Phi) is 43.9. The van der Waals surface area contributed by atoms with Crippen molar-refractivity contribution in [1.82, 2.24) is 5.32 Å². The summed E-state index contributed by atoms with van der Waals surface area (Å²) in [5.41, 5.74) is 0. The van der Waals surface area contributed by atoms with Crippen molar-refractivity contribution in [3.63, 3.8) is 0 Å². The van der Waals surface area contributed by atoms with Crippen LogP contribution in [0.1, 0.15) is 258 Å². The second kappa shape index (κ2) is 44.9. The quantitative estimate of drug-likeness (QED) is 0.0312. The van der Waals surface area contributed by atoms with Crippen molar-refractivity contribution in [3.8, 4) is 0 Å². The van der Waals surface area contributed by atoms with Crippen LogP contribution in [0.25, 0.3) is 0 Å². The highest BCUT2D eigenvalue weighted by Gasteiger charge is 2.28. The van der Waals surface area contributed by atoms with Gasteiger partial charge in [0.1, 0.15) is 12.2 Å². The number of allylic oxidation sites excluding steroid dienone is 4. The molecule has 0 radical (unpaired) electrons. The standard InChI is InChI=1S/C50H97NO5/c1-3-5-7-9-11-13-15-17-19-21-23-25-27-29-31-33-35-37-39-41-43-47(53)49(55)46(45-52)51-50(56)48(54)44-42-40-38-36-34-32-30-28-26-24-22-20-18-16-14-12-10-8-6-4-2/h6,8,12,14,46-49,52-55H,3-5,7,9-11,13,15-45H2,1-2H3,(H,51,56)/b8-6-,14-12-. The van der Waals surface area contributed by atoms with Crippen molar-refractivity contribution in [2.45, 2.75) is 282 Å². The summed E-state index contributed by atoms with van der Waals surface area (Å²) in [6.45, 7) is 3.97. The fourth-order valence-corrected chi connectivity index (χ4v) is 7.80. The average molecular weight is 792 g/mol. The third kappa shape index (κ3) is 38.3. The van der Waals surface area contributed by atoms with Crippen molar-refractivity contribution in [2.24, 2.45) is 0 Å². The summed E-state index contributed by atoms with van der Waals surface area (Å²) in [7, 11) is 0. The van der Waals surface area contributed by atoms with Crippen LogP contribution in [0.15, 0.2) is 24.3 Å². The van der Waals surface area contributed by atoms with Gasteiger partial charge in [-0.3, -0.25) is 4.79 Å². The number of carbonyl (C=O) groups is 1.